The normalized spacial score (nSPS) is 11.8. The summed E-state index contributed by atoms with van der Waals surface area (Å²) in [5, 5.41) is 0. The van der Waals surface area contributed by atoms with Gasteiger partial charge in [-0.25, -0.2) is 0 Å². The first-order valence-corrected chi connectivity index (χ1v) is 6.12. The molecule has 0 bridgehead atoms. The average Bonchev–Trinajstić information content (AvgIpc) is 2.45. The molecule has 0 saturated carbocycles. The summed E-state index contributed by atoms with van der Waals surface area (Å²) in [6, 6.07) is 12.5. The summed E-state index contributed by atoms with van der Waals surface area (Å²) >= 11 is 0. The Hall–Kier alpha value is -2.17. The van der Waals surface area contributed by atoms with Crippen LogP contribution in [0.1, 0.15) is 11.1 Å². The lowest BCUT2D eigenvalue weighted by Gasteiger charge is -2.14. The topological polar surface area (TPSA) is 9.23 Å². The monoisotopic (exact) mass is 277 g/mol. The maximum Gasteiger partial charge on any atom is 0.509 e. The molecule has 0 fully saturated rings. The maximum absolute atomic E-state index is 12.5. The van der Waals surface area contributed by atoms with Crippen LogP contribution >= 0.6 is 0 Å². The summed E-state index contributed by atoms with van der Waals surface area (Å²) in [5.41, 5.74) is 0.998. The molecule has 2 rings (SSSR count). The highest BCUT2D eigenvalue weighted by atomic mass is 19.4. The van der Waals surface area contributed by atoms with Gasteiger partial charge in [0.2, 0.25) is 0 Å². The van der Waals surface area contributed by atoms with Crippen LogP contribution in [-0.2, 0) is 0 Å². The van der Waals surface area contributed by atoms with Gasteiger partial charge in [-0.2, -0.15) is 0 Å². The summed E-state index contributed by atoms with van der Waals surface area (Å²) in [7, 11) is 1.58. The number of methoxy groups -OCH3 is 1. The summed E-state index contributed by atoms with van der Waals surface area (Å²) in [6.45, 7) is -4.93. The maximum atomic E-state index is 12.5. The molecule has 0 heterocycles. The Morgan fingerprint density at radius 2 is 1.55 bits per heavy atom. The summed E-state index contributed by atoms with van der Waals surface area (Å²) in [4.78, 5) is 0. The van der Waals surface area contributed by atoms with E-state index in [1.54, 1.807) is 13.2 Å². The number of halogens is 3. The van der Waals surface area contributed by atoms with Crippen LogP contribution in [0.4, 0.5) is 12.9 Å². The van der Waals surface area contributed by atoms with Gasteiger partial charge in [0.25, 0.3) is 0 Å². The number of para-hydroxylation sites is 1. The van der Waals surface area contributed by atoms with Crippen molar-refractivity contribution in [2.24, 2.45) is 0 Å². The van der Waals surface area contributed by atoms with Gasteiger partial charge < -0.3 is 17.7 Å². The van der Waals surface area contributed by atoms with Gasteiger partial charge in [-0.15, -0.1) is 5.46 Å². The van der Waals surface area contributed by atoms with Gasteiger partial charge in [0, 0.05) is 5.56 Å². The molecular weight excluding hydrogens is 264 g/mol. The van der Waals surface area contributed by atoms with Crippen molar-refractivity contribution in [1.29, 1.82) is 0 Å². The summed E-state index contributed by atoms with van der Waals surface area (Å²) in [6.07, 6.45) is 3.57. The number of ether oxygens (including phenoxy) is 1. The van der Waals surface area contributed by atoms with Crippen LogP contribution in [0, 0.1) is 0 Å². The van der Waals surface area contributed by atoms with Crippen LogP contribution in [-0.4, -0.2) is 14.1 Å². The van der Waals surface area contributed by atoms with Crippen LogP contribution in [0.5, 0.6) is 5.75 Å². The highest BCUT2D eigenvalue weighted by molar-refractivity contribution is 6.73. The lowest BCUT2D eigenvalue weighted by atomic mass is 9.80. The third-order valence-electron chi connectivity index (χ3n) is 2.91. The second-order valence-corrected chi connectivity index (χ2v) is 4.32. The van der Waals surface area contributed by atoms with Crippen molar-refractivity contribution < 1.29 is 17.7 Å². The Balaban J connectivity index is 2.20. The molecule has 0 aliphatic carbocycles. The second-order valence-electron chi connectivity index (χ2n) is 4.32. The molecule has 20 heavy (non-hydrogen) atoms. The quantitative estimate of drug-likeness (QED) is 0.608. The Bertz CT molecular complexity index is 603. The molecule has 0 amide bonds. The molecular formula is C15H13BF3O-. The standard InChI is InChI=1S/C15H13BF3O/c1-20-15-5-3-2-4-13(15)9-6-12-7-10-14(11-8-12)16(17,18)19/h2-11H,1H3/q-1/b9-6-. The molecule has 0 N–H and O–H groups in total. The van der Waals surface area contributed by atoms with Gasteiger partial charge in [-0.05, 0) is 11.6 Å². The molecule has 0 aliphatic heterocycles. The van der Waals surface area contributed by atoms with Crippen LogP contribution in [0.15, 0.2) is 48.5 Å². The molecule has 0 radical (unpaired) electrons. The van der Waals surface area contributed by atoms with E-state index in [1.807, 2.05) is 30.3 Å². The first kappa shape index (κ1) is 14.2. The van der Waals surface area contributed by atoms with Gasteiger partial charge in [0.15, 0.2) is 0 Å². The van der Waals surface area contributed by atoms with E-state index in [9.17, 15) is 12.9 Å². The molecule has 0 spiro atoms. The van der Waals surface area contributed by atoms with Crippen LogP contribution in [0.2, 0.25) is 0 Å². The number of benzene rings is 2. The van der Waals surface area contributed by atoms with E-state index in [4.69, 9.17) is 4.74 Å². The van der Waals surface area contributed by atoms with E-state index >= 15 is 0 Å². The molecule has 0 atom stereocenters. The largest absolute Gasteiger partial charge is 0.509 e. The number of hydrogen-bond donors (Lipinski definition) is 0. The lowest BCUT2D eigenvalue weighted by Crippen LogP contribution is -2.33. The number of rotatable bonds is 4. The Kier molecular flexibility index (Phi) is 4.18. The number of hydrogen-bond acceptors (Lipinski definition) is 1. The van der Waals surface area contributed by atoms with E-state index in [-0.39, 0.29) is 0 Å². The van der Waals surface area contributed by atoms with Crippen molar-refractivity contribution in [2.75, 3.05) is 7.11 Å². The molecule has 0 unspecified atom stereocenters. The Labute approximate surface area is 115 Å². The molecule has 104 valence electrons. The van der Waals surface area contributed by atoms with Crippen molar-refractivity contribution in [3.8, 4) is 5.75 Å². The summed E-state index contributed by atoms with van der Waals surface area (Å²) in [5.74, 6) is 0.721. The van der Waals surface area contributed by atoms with Crippen molar-refractivity contribution in [1.82, 2.24) is 0 Å². The van der Waals surface area contributed by atoms with Crippen molar-refractivity contribution in [3.05, 3.63) is 59.7 Å². The fourth-order valence-electron chi connectivity index (χ4n) is 1.82. The van der Waals surface area contributed by atoms with E-state index in [0.717, 1.165) is 23.4 Å². The van der Waals surface area contributed by atoms with Gasteiger partial charge >= 0.3 is 6.98 Å². The SMILES string of the molecule is COc1ccccc1/C=C\c1ccc([B-](F)(F)F)cc1. The molecule has 0 aromatic heterocycles. The van der Waals surface area contributed by atoms with Crippen molar-refractivity contribution >= 4 is 24.6 Å². The zero-order valence-electron chi connectivity index (χ0n) is 10.9. The smallest absolute Gasteiger partial charge is 0.496 e. The highest BCUT2D eigenvalue weighted by Crippen LogP contribution is 2.20. The lowest BCUT2D eigenvalue weighted by molar-refractivity contribution is 0.414. The van der Waals surface area contributed by atoms with E-state index in [2.05, 4.69) is 0 Å². The second kappa shape index (κ2) is 5.86. The first-order chi connectivity index (χ1) is 9.50. The van der Waals surface area contributed by atoms with Crippen molar-refractivity contribution in [3.63, 3.8) is 0 Å². The van der Waals surface area contributed by atoms with Crippen LogP contribution in [0.25, 0.3) is 12.2 Å². The van der Waals surface area contributed by atoms with Crippen molar-refractivity contribution in [2.45, 2.75) is 0 Å². The predicted molar refractivity (Wildman–Crippen MR) is 77.1 cm³/mol. The molecule has 1 nitrogen and oxygen atoms in total. The van der Waals surface area contributed by atoms with Gasteiger partial charge in [0.1, 0.15) is 5.75 Å². The zero-order chi connectivity index (χ0) is 14.6. The summed E-state index contributed by atoms with van der Waals surface area (Å²) < 4.78 is 42.7. The molecule has 5 heteroatoms. The predicted octanol–water partition coefficient (Wildman–Crippen LogP) is 3.92. The molecule has 2 aromatic rings. The van der Waals surface area contributed by atoms with E-state index in [0.29, 0.717) is 5.56 Å². The minimum atomic E-state index is -4.93. The molecule has 0 aliphatic rings. The first-order valence-electron chi connectivity index (χ1n) is 6.12. The van der Waals surface area contributed by atoms with Gasteiger partial charge in [-0.1, -0.05) is 54.6 Å². The molecule has 0 saturated heterocycles. The van der Waals surface area contributed by atoms with Gasteiger partial charge in [-0.3, -0.25) is 0 Å². The fraction of sp³-hybridized carbons (Fsp3) is 0.0667. The van der Waals surface area contributed by atoms with Gasteiger partial charge in [0.05, 0.1) is 7.11 Å². The van der Waals surface area contributed by atoms with Crippen LogP contribution < -0.4 is 10.2 Å². The molecule has 2 aromatic carbocycles. The van der Waals surface area contributed by atoms with E-state index in [1.165, 1.54) is 12.1 Å². The van der Waals surface area contributed by atoms with E-state index < -0.39 is 12.4 Å². The zero-order valence-corrected chi connectivity index (χ0v) is 10.9. The fourth-order valence-corrected chi connectivity index (χ4v) is 1.82. The highest BCUT2D eigenvalue weighted by Gasteiger charge is 2.24. The minimum absolute atomic E-state index is 0.584. The third-order valence-corrected chi connectivity index (χ3v) is 2.91. The average molecular weight is 277 g/mol. The van der Waals surface area contributed by atoms with Crippen LogP contribution in [0.3, 0.4) is 0 Å². The Morgan fingerprint density at radius 1 is 0.900 bits per heavy atom. The Morgan fingerprint density at radius 3 is 2.15 bits per heavy atom. The third kappa shape index (κ3) is 3.44. The minimum Gasteiger partial charge on any atom is -0.496 e.